The molecule has 2 aromatic heterocycles. The van der Waals surface area contributed by atoms with E-state index < -0.39 is 0 Å². The van der Waals surface area contributed by atoms with Gasteiger partial charge in [-0.2, -0.15) is 0 Å². The minimum Gasteiger partial charge on any atom is -0.263 e. The Labute approximate surface area is 313 Å². The van der Waals surface area contributed by atoms with E-state index in [1.165, 1.54) is 32.5 Å². The summed E-state index contributed by atoms with van der Waals surface area (Å²) >= 11 is 0. The van der Waals surface area contributed by atoms with Crippen LogP contribution in [0.1, 0.15) is 0 Å². The zero-order valence-corrected chi connectivity index (χ0v) is 29.4. The van der Waals surface area contributed by atoms with Crippen LogP contribution in [-0.2, 0) is 0 Å². The first-order chi connectivity index (χ1) is 26.7. The molecule has 10 aromatic rings. The first kappa shape index (κ1) is 31.5. The summed E-state index contributed by atoms with van der Waals surface area (Å²) in [5.41, 5.74) is 11.6. The average molecular weight is 688 g/mol. The molecular formula is C51H33N3. The average Bonchev–Trinajstić information content (AvgIpc) is 3.26. The van der Waals surface area contributed by atoms with Crippen molar-refractivity contribution in [1.29, 1.82) is 0 Å². The van der Waals surface area contributed by atoms with Crippen molar-refractivity contribution in [2.45, 2.75) is 0 Å². The third-order valence-electron chi connectivity index (χ3n) is 10.4. The third kappa shape index (κ3) is 5.78. The van der Waals surface area contributed by atoms with Gasteiger partial charge in [0.15, 0.2) is 5.82 Å². The largest absolute Gasteiger partial charge is 0.263 e. The van der Waals surface area contributed by atoms with E-state index >= 15 is 0 Å². The molecule has 0 saturated carbocycles. The Morgan fingerprint density at radius 1 is 0.278 bits per heavy atom. The van der Waals surface area contributed by atoms with Gasteiger partial charge >= 0.3 is 0 Å². The van der Waals surface area contributed by atoms with Gasteiger partial charge in [0.25, 0.3) is 0 Å². The second-order valence-electron chi connectivity index (χ2n) is 13.7. The lowest BCUT2D eigenvalue weighted by atomic mass is 9.92. The molecule has 0 N–H and O–H groups in total. The topological polar surface area (TPSA) is 38.7 Å². The van der Waals surface area contributed by atoms with Crippen molar-refractivity contribution in [2.24, 2.45) is 0 Å². The highest BCUT2D eigenvalue weighted by molar-refractivity contribution is 6.13. The van der Waals surface area contributed by atoms with Gasteiger partial charge < -0.3 is 0 Å². The van der Waals surface area contributed by atoms with Crippen LogP contribution in [0.15, 0.2) is 200 Å². The highest BCUT2D eigenvalue weighted by atomic mass is 14.9. The van der Waals surface area contributed by atoms with Crippen LogP contribution in [0.2, 0.25) is 0 Å². The van der Waals surface area contributed by atoms with Crippen LogP contribution in [-0.4, -0.2) is 15.0 Å². The number of fused-ring (bicyclic) bond motifs is 4. The fourth-order valence-corrected chi connectivity index (χ4v) is 7.65. The summed E-state index contributed by atoms with van der Waals surface area (Å²) in [5, 5.41) is 7.29. The molecule has 0 fully saturated rings. The molecule has 54 heavy (non-hydrogen) atoms. The summed E-state index contributed by atoms with van der Waals surface area (Å²) in [6.07, 6.45) is 3.87. The van der Waals surface area contributed by atoms with Crippen LogP contribution in [0.5, 0.6) is 0 Å². The van der Waals surface area contributed by atoms with Crippen molar-refractivity contribution in [3.63, 3.8) is 0 Å². The standard InChI is InChI=1S/C51H33N3/c1-2-12-34(13-3-1)37-16-10-19-41(28-37)51-53-49(36-26-24-35(25-27-36)48-33-52-32-42-15-5-7-21-44(42)48)31-50(54-51)40-18-11-17-38(29-40)47-30-39-14-4-6-20-43(39)45-22-8-9-23-46(45)47/h1-33H. The second kappa shape index (κ2) is 13.4. The normalized spacial score (nSPS) is 11.3. The molecule has 10 rings (SSSR count). The van der Waals surface area contributed by atoms with Gasteiger partial charge in [0.05, 0.1) is 11.4 Å². The van der Waals surface area contributed by atoms with E-state index in [0.717, 1.165) is 61.3 Å². The zero-order valence-electron chi connectivity index (χ0n) is 29.4. The second-order valence-corrected chi connectivity index (χ2v) is 13.7. The molecule has 0 saturated heterocycles. The molecule has 0 unspecified atom stereocenters. The number of hydrogen-bond donors (Lipinski definition) is 0. The summed E-state index contributed by atoms with van der Waals surface area (Å²) in [7, 11) is 0. The van der Waals surface area contributed by atoms with E-state index in [-0.39, 0.29) is 0 Å². The molecule has 2 heterocycles. The van der Waals surface area contributed by atoms with Crippen molar-refractivity contribution < 1.29 is 0 Å². The van der Waals surface area contributed by atoms with Gasteiger partial charge in [0.2, 0.25) is 0 Å². The van der Waals surface area contributed by atoms with Crippen molar-refractivity contribution in [1.82, 2.24) is 15.0 Å². The molecule has 0 spiro atoms. The van der Waals surface area contributed by atoms with Crippen LogP contribution < -0.4 is 0 Å². The lowest BCUT2D eigenvalue weighted by Gasteiger charge is -2.14. The predicted octanol–water partition coefficient (Wildman–Crippen LogP) is 13.3. The van der Waals surface area contributed by atoms with E-state index in [0.29, 0.717) is 5.82 Å². The van der Waals surface area contributed by atoms with Gasteiger partial charge in [-0.1, -0.05) is 164 Å². The minimum atomic E-state index is 0.684. The smallest absolute Gasteiger partial charge is 0.160 e. The Bertz CT molecular complexity index is 2980. The summed E-state index contributed by atoms with van der Waals surface area (Å²) in [5.74, 6) is 0.684. The Morgan fingerprint density at radius 2 is 0.852 bits per heavy atom. The number of hydrogen-bond acceptors (Lipinski definition) is 3. The number of nitrogens with zero attached hydrogens (tertiary/aromatic N) is 3. The highest BCUT2D eigenvalue weighted by Crippen LogP contribution is 2.38. The predicted molar refractivity (Wildman–Crippen MR) is 225 cm³/mol. The number of benzene rings is 8. The molecule has 3 nitrogen and oxygen atoms in total. The summed E-state index contributed by atoms with van der Waals surface area (Å²) in [6, 6.07) is 66.5. The van der Waals surface area contributed by atoms with Crippen LogP contribution in [0.25, 0.3) is 99.6 Å². The van der Waals surface area contributed by atoms with Gasteiger partial charge in [-0.3, -0.25) is 4.98 Å². The Morgan fingerprint density at radius 3 is 1.67 bits per heavy atom. The van der Waals surface area contributed by atoms with Crippen molar-refractivity contribution in [3.8, 4) is 67.3 Å². The number of aromatic nitrogens is 3. The fraction of sp³-hybridized carbons (Fsp3) is 0. The molecule has 0 amide bonds. The molecular weight excluding hydrogens is 655 g/mol. The lowest BCUT2D eigenvalue weighted by molar-refractivity contribution is 1.18. The molecule has 0 radical (unpaired) electrons. The lowest BCUT2D eigenvalue weighted by Crippen LogP contribution is -1.96. The first-order valence-electron chi connectivity index (χ1n) is 18.2. The molecule has 0 aliphatic carbocycles. The van der Waals surface area contributed by atoms with Gasteiger partial charge in [0.1, 0.15) is 0 Å². The third-order valence-corrected chi connectivity index (χ3v) is 10.4. The van der Waals surface area contributed by atoms with E-state index in [4.69, 9.17) is 9.97 Å². The van der Waals surface area contributed by atoms with Crippen molar-refractivity contribution in [3.05, 3.63) is 200 Å². The van der Waals surface area contributed by atoms with Crippen LogP contribution in [0.3, 0.4) is 0 Å². The zero-order chi connectivity index (χ0) is 35.8. The minimum absolute atomic E-state index is 0.684. The summed E-state index contributed by atoms with van der Waals surface area (Å²) in [6.45, 7) is 0. The Kier molecular flexibility index (Phi) is 7.81. The fourth-order valence-electron chi connectivity index (χ4n) is 7.65. The summed E-state index contributed by atoms with van der Waals surface area (Å²) in [4.78, 5) is 15.0. The SMILES string of the molecule is c1ccc(-c2cccc(-c3nc(-c4ccc(-c5cncc6ccccc56)cc4)cc(-c4cccc(-c5cc6ccccc6c6ccccc56)c4)n3)c2)cc1. The van der Waals surface area contributed by atoms with Gasteiger partial charge in [-0.05, 0) is 79.0 Å². The maximum Gasteiger partial charge on any atom is 0.160 e. The van der Waals surface area contributed by atoms with E-state index in [1.807, 2.05) is 18.5 Å². The van der Waals surface area contributed by atoms with Crippen LogP contribution >= 0.6 is 0 Å². The number of pyridine rings is 1. The van der Waals surface area contributed by atoms with Crippen LogP contribution in [0.4, 0.5) is 0 Å². The van der Waals surface area contributed by atoms with Gasteiger partial charge in [-0.15, -0.1) is 0 Å². The van der Waals surface area contributed by atoms with Gasteiger partial charge in [0, 0.05) is 40.0 Å². The monoisotopic (exact) mass is 687 g/mol. The van der Waals surface area contributed by atoms with Crippen molar-refractivity contribution in [2.75, 3.05) is 0 Å². The molecule has 0 bridgehead atoms. The maximum absolute atomic E-state index is 5.26. The maximum atomic E-state index is 5.26. The van der Waals surface area contributed by atoms with Gasteiger partial charge in [-0.25, -0.2) is 9.97 Å². The molecule has 252 valence electrons. The summed E-state index contributed by atoms with van der Waals surface area (Å²) < 4.78 is 0. The van der Waals surface area contributed by atoms with Crippen LogP contribution in [0, 0.1) is 0 Å². The Balaban J connectivity index is 1.12. The van der Waals surface area contributed by atoms with E-state index in [2.05, 4.69) is 187 Å². The van der Waals surface area contributed by atoms with E-state index in [1.54, 1.807) is 0 Å². The Hall–Kier alpha value is -7.23. The molecule has 0 atom stereocenters. The highest BCUT2D eigenvalue weighted by Gasteiger charge is 2.15. The van der Waals surface area contributed by atoms with Crippen molar-refractivity contribution >= 4 is 32.3 Å². The van der Waals surface area contributed by atoms with E-state index in [9.17, 15) is 0 Å². The molecule has 3 heteroatoms. The molecule has 0 aliphatic heterocycles. The number of rotatable bonds is 6. The quantitative estimate of drug-likeness (QED) is 0.163. The molecule has 0 aliphatic rings. The first-order valence-corrected chi connectivity index (χ1v) is 18.2. The molecule has 8 aromatic carbocycles.